The van der Waals surface area contributed by atoms with E-state index in [0.29, 0.717) is 5.56 Å². The third-order valence-electron chi connectivity index (χ3n) is 3.92. The molecule has 0 fully saturated rings. The molecule has 0 aliphatic carbocycles. The van der Waals surface area contributed by atoms with E-state index in [0.717, 1.165) is 27.7 Å². The highest BCUT2D eigenvalue weighted by Gasteiger charge is 2.22. The molecule has 0 bridgehead atoms. The predicted molar refractivity (Wildman–Crippen MR) is 83.4 cm³/mol. The Hall–Kier alpha value is -2.88. The molecule has 0 saturated carbocycles. The number of hydrogen-bond acceptors (Lipinski definition) is 2. The zero-order chi connectivity index (χ0) is 14.4. The summed E-state index contributed by atoms with van der Waals surface area (Å²) in [6, 6.07) is 15.9. The van der Waals surface area contributed by atoms with Crippen molar-refractivity contribution in [2.24, 2.45) is 12.1 Å². The van der Waals surface area contributed by atoms with Crippen LogP contribution in [-0.2, 0) is 7.05 Å². The molecule has 1 N–H and O–H groups in total. The Balaban J connectivity index is 2.18. The summed E-state index contributed by atoms with van der Waals surface area (Å²) < 4.78 is 2.12. The van der Waals surface area contributed by atoms with Crippen LogP contribution in [0.15, 0.2) is 53.6 Å². The SMILES string of the molecule is Cn1c(-c2ccccc2)c2c3c(cccc31)C(=O)NN=C2. The quantitative estimate of drug-likeness (QED) is 0.729. The van der Waals surface area contributed by atoms with Gasteiger partial charge in [0.1, 0.15) is 0 Å². The van der Waals surface area contributed by atoms with Gasteiger partial charge >= 0.3 is 0 Å². The summed E-state index contributed by atoms with van der Waals surface area (Å²) in [7, 11) is 2.02. The molecule has 0 spiro atoms. The fourth-order valence-electron chi connectivity index (χ4n) is 3.00. The molecule has 2 heterocycles. The Labute approximate surface area is 121 Å². The molecule has 3 aromatic rings. The monoisotopic (exact) mass is 275 g/mol. The lowest BCUT2D eigenvalue weighted by Crippen LogP contribution is -2.16. The molecule has 2 aromatic carbocycles. The summed E-state index contributed by atoms with van der Waals surface area (Å²) in [5.74, 6) is -0.166. The molecule has 0 radical (unpaired) electrons. The first-order chi connectivity index (χ1) is 10.3. The van der Waals surface area contributed by atoms with E-state index in [1.165, 1.54) is 0 Å². The number of nitrogens with one attached hydrogen (secondary N) is 1. The van der Waals surface area contributed by atoms with E-state index >= 15 is 0 Å². The Bertz CT molecular complexity index is 891. The van der Waals surface area contributed by atoms with Crippen molar-refractivity contribution in [3.63, 3.8) is 0 Å². The van der Waals surface area contributed by atoms with Crippen molar-refractivity contribution in [3.8, 4) is 11.3 Å². The molecule has 1 aliphatic heterocycles. The van der Waals surface area contributed by atoms with Gasteiger partial charge in [-0.15, -0.1) is 0 Å². The largest absolute Gasteiger partial charge is 0.343 e. The lowest BCUT2D eigenvalue weighted by Gasteiger charge is -2.06. The number of rotatable bonds is 1. The van der Waals surface area contributed by atoms with Crippen molar-refractivity contribution >= 4 is 23.0 Å². The molecule has 1 aliphatic rings. The highest BCUT2D eigenvalue weighted by atomic mass is 16.2. The van der Waals surface area contributed by atoms with Gasteiger partial charge < -0.3 is 4.57 Å². The van der Waals surface area contributed by atoms with Crippen LogP contribution in [0, 0.1) is 0 Å². The fourth-order valence-corrected chi connectivity index (χ4v) is 3.00. The van der Waals surface area contributed by atoms with Gasteiger partial charge in [-0.05, 0) is 17.7 Å². The van der Waals surface area contributed by atoms with E-state index in [1.807, 2.05) is 43.4 Å². The van der Waals surface area contributed by atoms with E-state index in [-0.39, 0.29) is 5.91 Å². The van der Waals surface area contributed by atoms with Gasteiger partial charge in [0.2, 0.25) is 0 Å². The van der Waals surface area contributed by atoms with Gasteiger partial charge in [0.05, 0.1) is 17.5 Å². The van der Waals surface area contributed by atoms with Crippen LogP contribution in [0.4, 0.5) is 0 Å². The third kappa shape index (κ3) is 1.62. The van der Waals surface area contributed by atoms with Crippen LogP contribution < -0.4 is 5.43 Å². The third-order valence-corrected chi connectivity index (χ3v) is 3.92. The number of hydrogen-bond donors (Lipinski definition) is 1. The Morgan fingerprint density at radius 2 is 1.86 bits per heavy atom. The summed E-state index contributed by atoms with van der Waals surface area (Å²) in [4.78, 5) is 12.1. The summed E-state index contributed by atoms with van der Waals surface area (Å²) in [6.07, 6.45) is 1.74. The average molecular weight is 275 g/mol. The van der Waals surface area contributed by atoms with Crippen LogP contribution in [0.1, 0.15) is 15.9 Å². The first-order valence-corrected chi connectivity index (χ1v) is 6.77. The predicted octanol–water partition coefficient (Wildman–Crippen LogP) is 2.92. The number of nitrogens with zero attached hydrogens (tertiary/aromatic N) is 2. The molecule has 4 rings (SSSR count). The minimum absolute atomic E-state index is 0.166. The summed E-state index contributed by atoms with van der Waals surface area (Å²) in [5, 5.41) is 5.01. The van der Waals surface area contributed by atoms with E-state index in [4.69, 9.17) is 0 Å². The molecule has 21 heavy (non-hydrogen) atoms. The van der Waals surface area contributed by atoms with Crippen molar-refractivity contribution in [3.05, 3.63) is 59.7 Å². The number of aromatic nitrogens is 1. The number of benzene rings is 2. The average Bonchev–Trinajstić information content (AvgIpc) is 2.69. The van der Waals surface area contributed by atoms with E-state index in [1.54, 1.807) is 6.21 Å². The van der Waals surface area contributed by atoms with Crippen LogP contribution in [0.25, 0.3) is 22.2 Å². The fraction of sp³-hybridized carbons (Fsp3) is 0.0588. The summed E-state index contributed by atoms with van der Waals surface area (Å²) in [6.45, 7) is 0. The van der Waals surface area contributed by atoms with Gasteiger partial charge in [-0.2, -0.15) is 5.10 Å². The number of carbonyl (C=O) groups is 1. The summed E-state index contributed by atoms with van der Waals surface area (Å²) in [5.41, 5.74) is 7.41. The minimum Gasteiger partial charge on any atom is -0.343 e. The molecular weight excluding hydrogens is 262 g/mol. The lowest BCUT2D eigenvalue weighted by atomic mass is 10.0. The Kier molecular flexibility index (Phi) is 2.44. The number of carbonyl (C=O) groups excluding carboxylic acids is 1. The molecule has 4 nitrogen and oxygen atoms in total. The Morgan fingerprint density at radius 3 is 2.67 bits per heavy atom. The van der Waals surface area contributed by atoms with Gasteiger partial charge in [-0.3, -0.25) is 4.79 Å². The normalized spacial score (nSPS) is 13.3. The van der Waals surface area contributed by atoms with Crippen LogP contribution in [0.2, 0.25) is 0 Å². The first-order valence-electron chi connectivity index (χ1n) is 6.77. The van der Waals surface area contributed by atoms with Crippen molar-refractivity contribution in [2.45, 2.75) is 0 Å². The van der Waals surface area contributed by atoms with Gasteiger partial charge in [-0.25, -0.2) is 5.43 Å². The topological polar surface area (TPSA) is 46.4 Å². The van der Waals surface area contributed by atoms with Crippen LogP contribution in [-0.4, -0.2) is 16.7 Å². The van der Waals surface area contributed by atoms with Crippen molar-refractivity contribution in [2.75, 3.05) is 0 Å². The maximum absolute atomic E-state index is 12.1. The van der Waals surface area contributed by atoms with E-state index in [2.05, 4.69) is 27.2 Å². The highest BCUT2D eigenvalue weighted by Crippen LogP contribution is 2.34. The zero-order valence-electron chi connectivity index (χ0n) is 11.5. The molecule has 1 aromatic heterocycles. The Morgan fingerprint density at radius 1 is 1.05 bits per heavy atom. The minimum atomic E-state index is -0.166. The smallest absolute Gasteiger partial charge is 0.272 e. The van der Waals surface area contributed by atoms with Crippen LogP contribution in [0.3, 0.4) is 0 Å². The standard InChI is InChI=1S/C17H13N3O/c1-20-14-9-5-8-12-15(14)13(10-18-19-17(12)21)16(20)11-6-3-2-4-7-11/h2-10H,1H3,(H,19,21). The van der Waals surface area contributed by atoms with Crippen molar-refractivity contribution < 1.29 is 4.79 Å². The van der Waals surface area contributed by atoms with Crippen LogP contribution >= 0.6 is 0 Å². The zero-order valence-corrected chi connectivity index (χ0v) is 11.5. The second-order valence-electron chi connectivity index (χ2n) is 5.09. The lowest BCUT2D eigenvalue weighted by molar-refractivity contribution is 0.0957. The highest BCUT2D eigenvalue weighted by molar-refractivity contribution is 6.17. The van der Waals surface area contributed by atoms with Crippen molar-refractivity contribution in [1.82, 2.24) is 9.99 Å². The first kappa shape index (κ1) is 11.9. The van der Waals surface area contributed by atoms with Gasteiger partial charge in [0.25, 0.3) is 5.91 Å². The number of hydrazone groups is 1. The number of aryl methyl sites for hydroxylation is 1. The van der Waals surface area contributed by atoms with Crippen molar-refractivity contribution in [1.29, 1.82) is 0 Å². The van der Waals surface area contributed by atoms with Gasteiger partial charge in [0, 0.05) is 23.5 Å². The maximum atomic E-state index is 12.1. The number of amides is 1. The summed E-state index contributed by atoms with van der Waals surface area (Å²) >= 11 is 0. The molecular formula is C17H13N3O. The molecule has 102 valence electrons. The maximum Gasteiger partial charge on any atom is 0.272 e. The van der Waals surface area contributed by atoms with Gasteiger partial charge in [-0.1, -0.05) is 36.4 Å². The van der Waals surface area contributed by atoms with Crippen LogP contribution in [0.5, 0.6) is 0 Å². The second-order valence-corrected chi connectivity index (χ2v) is 5.09. The van der Waals surface area contributed by atoms with E-state index < -0.39 is 0 Å². The van der Waals surface area contributed by atoms with Gasteiger partial charge in [0.15, 0.2) is 0 Å². The molecule has 0 saturated heterocycles. The van der Waals surface area contributed by atoms with E-state index in [9.17, 15) is 4.79 Å². The molecule has 0 atom stereocenters. The molecule has 0 unspecified atom stereocenters. The molecule has 4 heteroatoms. The second kappa shape index (κ2) is 4.31. The molecule has 1 amide bonds.